The van der Waals surface area contributed by atoms with Crippen LogP contribution in [0.2, 0.25) is 0 Å². The first-order valence-corrected chi connectivity index (χ1v) is 7.32. The van der Waals surface area contributed by atoms with Crippen molar-refractivity contribution < 1.29 is 4.39 Å². The number of hydrogen-bond donors (Lipinski definition) is 1. The van der Waals surface area contributed by atoms with E-state index in [1.165, 1.54) is 0 Å². The van der Waals surface area contributed by atoms with Crippen molar-refractivity contribution in [1.82, 2.24) is 5.32 Å². The van der Waals surface area contributed by atoms with Gasteiger partial charge in [-0.3, -0.25) is 0 Å². The molecule has 1 rings (SSSR count). The Hall–Kier alpha value is -0.890. The molecule has 0 fully saturated rings. The summed E-state index contributed by atoms with van der Waals surface area (Å²) in [4.78, 5) is 0. The number of nitrogens with one attached hydrogen (secondary N) is 1. The van der Waals surface area contributed by atoms with Crippen LogP contribution in [0, 0.1) is 30.5 Å². The Kier molecular flexibility index (Phi) is 5.99. The summed E-state index contributed by atoms with van der Waals surface area (Å²) in [5.41, 5.74) is 1.73. The van der Waals surface area contributed by atoms with Crippen LogP contribution in [0.3, 0.4) is 0 Å². The zero-order valence-corrected chi connectivity index (χ0v) is 13.1. The number of benzene rings is 1. The molecule has 1 aromatic carbocycles. The highest BCUT2D eigenvalue weighted by Crippen LogP contribution is 2.22. The summed E-state index contributed by atoms with van der Waals surface area (Å²) in [5.74, 6) is 1.86. The van der Waals surface area contributed by atoms with Gasteiger partial charge < -0.3 is 5.32 Å². The van der Waals surface area contributed by atoms with Crippen molar-refractivity contribution in [2.24, 2.45) is 17.8 Å². The molecule has 0 aliphatic heterocycles. The normalized spacial score (nSPS) is 13.6. The van der Waals surface area contributed by atoms with Gasteiger partial charge in [0.2, 0.25) is 0 Å². The van der Waals surface area contributed by atoms with Gasteiger partial charge in [0.05, 0.1) is 0 Å². The molecular weight excluding hydrogens is 237 g/mol. The fraction of sp³-hybridized carbons (Fsp3) is 0.647. The molecule has 0 saturated carbocycles. The summed E-state index contributed by atoms with van der Waals surface area (Å²) in [6.45, 7) is 13.9. The lowest BCUT2D eigenvalue weighted by molar-refractivity contribution is 0.268. The van der Waals surface area contributed by atoms with E-state index in [-0.39, 0.29) is 11.9 Å². The maximum absolute atomic E-state index is 13.6. The van der Waals surface area contributed by atoms with Crippen LogP contribution in [0.4, 0.5) is 4.39 Å². The molecule has 0 heterocycles. The molecule has 2 heteroatoms. The third-order valence-electron chi connectivity index (χ3n) is 4.07. The summed E-state index contributed by atoms with van der Waals surface area (Å²) >= 11 is 0. The topological polar surface area (TPSA) is 12.0 Å². The summed E-state index contributed by atoms with van der Waals surface area (Å²) < 4.78 is 13.6. The van der Waals surface area contributed by atoms with Gasteiger partial charge in [-0.15, -0.1) is 0 Å². The lowest BCUT2D eigenvalue weighted by Crippen LogP contribution is -2.31. The second kappa shape index (κ2) is 7.04. The number of halogens is 1. The molecular formula is C17H28FN. The van der Waals surface area contributed by atoms with Crippen LogP contribution in [0.5, 0.6) is 0 Å². The minimum Gasteiger partial charge on any atom is -0.310 e. The zero-order chi connectivity index (χ0) is 14.6. The Bertz CT molecular complexity index is 390. The Morgan fingerprint density at radius 2 is 1.63 bits per heavy atom. The third kappa shape index (κ3) is 4.61. The summed E-state index contributed by atoms with van der Waals surface area (Å²) in [6.07, 6.45) is 0. The molecule has 0 bridgehead atoms. The first-order valence-electron chi connectivity index (χ1n) is 7.32. The maximum atomic E-state index is 13.6. The van der Waals surface area contributed by atoms with Crippen LogP contribution >= 0.6 is 0 Å². The van der Waals surface area contributed by atoms with Crippen molar-refractivity contribution in [2.75, 3.05) is 6.54 Å². The molecule has 0 saturated heterocycles. The van der Waals surface area contributed by atoms with Gasteiger partial charge in [-0.25, -0.2) is 4.39 Å². The monoisotopic (exact) mass is 265 g/mol. The average molecular weight is 265 g/mol. The van der Waals surface area contributed by atoms with Crippen LogP contribution in [0.1, 0.15) is 51.8 Å². The van der Waals surface area contributed by atoms with Crippen molar-refractivity contribution in [1.29, 1.82) is 0 Å². The van der Waals surface area contributed by atoms with Crippen molar-refractivity contribution in [3.63, 3.8) is 0 Å². The zero-order valence-electron chi connectivity index (χ0n) is 13.1. The van der Waals surface area contributed by atoms with Crippen LogP contribution in [0.25, 0.3) is 0 Å². The molecule has 1 aromatic rings. The van der Waals surface area contributed by atoms with Gasteiger partial charge in [0.25, 0.3) is 0 Å². The molecule has 0 aliphatic carbocycles. The van der Waals surface area contributed by atoms with E-state index in [1.54, 1.807) is 13.0 Å². The highest BCUT2D eigenvalue weighted by Gasteiger charge is 2.18. The summed E-state index contributed by atoms with van der Waals surface area (Å²) in [6, 6.07) is 5.70. The van der Waals surface area contributed by atoms with E-state index in [9.17, 15) is 4.39 Å². The molecule has 1 nitrogen and oxygen atoms in total. The summed E-state index contributed by atoms with van der Waals surface area (Å²) in [5, 5.41) is 3.54. The molecule has 0 aromatic heterocycles. The SMILES string of the molecule is Cc1ccc(C(C)NCC(C(C)C)C(C)C)cc1F. The van der Waals surface area contributed by atoms with E-state index in [1.807, 2.05) is 12.1 Å². The molecule has 0 amide bonds. The van der Waals surface area contributed by atoms with Crippen molar-refractivity contribution in [3.05, 3.63) is 35.1 Å². The fourth-order valence-corrected chi connectivity index (χ4v) is 2.55. The minimum absolute atomic E-state index is 0.115. The van der Waals surface area contributed by atoms with E-state index in [0.717, 1.165) is 12.1 Å². The first-order chi connectivity index (χ1) is 8.82. The van der Waals surface area contributed by atoms with Crippen molar-refractivity contribution in [3.8, 4) is 0 Å². The molecule has 0 aliphatic rings. The molecule has 1 unspecified atom stereocenters. The summed E-state index contributed by atoms with van der Waals surface area (Å²) in [7, 11) is 0. The van der Waals surface area contributed by atoms with Crippen molar-refractivity contribution in [2.45, 2.75) is 47.6 Å². The van der Waals surface area contributed by atoms with E-state index < -0.39 is 0 Å². The minimum atomic E-state index is -0.115. The standard InChI is InChI=1S/C17H28FN/c1-11(2)16(12(3)4)10-19-14(6)15-8-7-13(5)17(18)9-15/h7-9,11-12,14,16,19H,10H2,1-6H3. The van der Waals surface area contributed by atoms with Gasteiger partial charge >= 0.3 is 0 Å². The molecule has 0 spiro atoms. The van der Waals surface area contributed by atoms with Crippen molar-refractivity contribution >= 4 is 0 Å². The number of aryl methyl sites for hydroxylation is 1. The predicted molar refractivity (Wildman–Crippen MR) is 80.7 cm³/mol. The second-order valence-electron chi connectivity index (χ2n) is 6.29. The van der Waals surface area contributed by atoms with Gasteiger partial charge in [0, 0.05) is 6.04 Å². The van der Waals surface area contributed by atoms with E-state index >= 15 is 0 Å². The predicted octanol–water partition coefficient (Wildman–Crippen LogP) is 4.71. The Labute approximate surface area is 117 Å². The van der Waals surface area contributed by atoms with E-state index in [0.29, 0.717) is 23.3 Å². The second-order valence-corrected chi connectivity index (χ2v) is 6.29. The van der Waals surface area contributed by atoms with Crippen LogP contribution in [-0.4, -0.2) is 6.54 Å². The Morgan fingerprint density at radius 1 is 1.05 bits per heavy atom. The van der Waals surface area contributed by atoms with E-state index in [2.05, 4.69) is 39.9 Å². The van der Waals surface area contributed by atoms with Crippen LogP contribution in [-0.2, 0) is 0 Å². The van der Waals surface area contributed by atoms with Crippen LogP contribution in [0.15, 0.2) is 18.2 Å². The maximum Gasteiger partial charge on any atom is 0.126 e. The molecule has 0 radical (unpaired) electrons. The van der Waals surface area contributed by atoms with Gasteiger partial charge in [0.15, 0.2) is 0 Å². The number of rotatable bonds is 6. The largest absolute Gasteiger partial charge is 0.310 e. The lowest BCUT2D eigenvalue weighted by Gasteiger charge is -2.27. The highest BCUT2D eigenvalue weighted by atomic mass is 19.1. The lowest BCUT2D eigenvalue weighted by atomic mass is 9.85. The molecule has 1 atom stereocenters. The van der Waals surface area contributed by atoms with Gasteiger partial charge in [-0.1, -0.05) is 39.8 Å². The molecule has 1 N–H and O–H groups in total. The highest BCUT2D eigenvalue weighted by molar-refractivity contribution is 5.25. The molecule has 19 heavy (non-hydrogen) atoms. The molecule has 108 valence electrons. The Morgan fingerprint density at radius 3 is 2.11 bits per heavy atom. The quantitative estimate of drug-likeness (QED) is 0.785. The number of hydrogen-bond acceptors (Lipinski definition) is 1. The first kappa shape index (κ1) is 16.2. The smallest absolute Gasteiger partial charge is 0.126 e. The van der Waals surface area contributed by atoms with Gasteiger partial charge in [-0.05, 0) is 55.3 Å². The average Bonchev–Trinajstić information content (AvgIpc) is 2.31. The fourth-order valence-electron chi connectivity index (χ4n) is 2.55. The third-order valence-corrected chi connectivity index (χ3v) is 4.07. The Balaban J connectivity index is 2.63. The van der Waals surface area contributed by atoms with E-state index in [4.69, 9.17) is 0 Å². The van der Waals surface area contributed by atoms with Gasteiger partial charge in [0.1, 0.15) is 5.82 Å². The van der Waals surface area contributed by atoms with Crippen LogP contribution < -0.4 is 5.32 Å². The van der Waals surface area contributed by atoms with Gasteiger partial charge in [-0.2, -0.15) is 0 Å².